The second kappa shape index (κ2) is 8.75. The van der Waals surface area contributed by atoms with Crippen LogP contribution in [0.25, 0.3) is 11.3 Å². The van der Waals surface area contributed by atoms with Gasteiger partial charge in [-0.2, -0.15) is 5.10 Å². The van der Waals surface area contributed by atoms with Gasteiger partial charge in [0.25, 0.3) is 0 Å². The third-order valence-corrected chi connectivity index (χ3v) is 5.27. The van der Waals surface area contributed by atoms with E-state index in [0.29, 0.717) is 6.54 Å². The Kier molecular flexibility index (Phi) is 5.72. The van der Waals surface area contributed by atoms with Crippen LogP contribution in [0, 0.1) is 5.82 Å². The molecule has 4 rings (SSSR count). The molecule has 0 saturated carbocycles. The Balaban J connectivity index is 1.80. The molecule has 2 aromatic carbocycles. The lowest BCUT2D eigenvalue weighted by Crippen LogP contribution is -2.14. The van der Waals surface area contributed by atoms with Crippen LogP contribution in [0.3, 0.4) is 0 Å². The number of rotatable bonds is 5. The van der Waals surface area contributed by atoms with E-state index < -0.39 is 0 Å². The first-order chi connectivity index (χ1) is 14.2. The van der Waals surface area contributed by atoms with Crippen LogP contribution in [0.15, 0.2) is 94.6 Å². The smallest absolute Gasteiger partial charge is 0.206 e. The zero-order valence-corrected chi connectivity index (χ0v) is 16.7. The maximum absolute atomic E-state index is 13.4. The van der Waals surface area contributed by atoms with Crippen molar-refractivity contribution >= 4 is 17.0 Å². The number of pyridine rings is 1. The van der Waals surface area contributed by atoms with E-state index in [2.05, 4.69) is 4.98 Å². The molecule has 0 saturated heterocycles. The summed E-state index contributed by atoms with van der Waals surface area (Å²) in [6, 6.07) is 20.4. The van der Waals surface area contributed by atoms with Crippen molar-refractivity contribution in [3.8, 4) is 11.3 Å². The van der Waals surface area contributed by atoms with Crippen LogP contribution in [-0.4, -0.2) is 15.4 Å². The van der Waals surface area contributed by atoms with E-state index in [1.54, 1.807) is 24.5 Å². The van der Waals surface area contributed by atoms with E-state index >= 15 is 0 Å². The molecule has 29 heavy (non-hydrogen) atoms. The first-order valence-corrected chi connectivity index (χ1v) is 10.1. The minimum atomic E-state index is -0.263. The topological polar surface area (TPSA) is 42.5 Å². The molecule has 0 bridgehead atoms. The fourth-order valence-electron chi connectivity index (χ4n) is 2.87. The van der Waals surface area contributed by atoms with Crippen molar-refractivity contribution < 1.29 is 4.39 Å². The lowest BCUT2D eigenvalue weighted by Gasteiger charge is -2.06. The molecule has 0 aliphatic rings. The Morgan fingerprint density at radius 3 is 2.45 bits per heavy atom. The maximum atomic E-state index is 13.4. The molecule has 4 nitrogen and oxygen atoms in total. The summed E-state index contributed by atoms with van der Waals surface area (Å²) in [5.74, 6) is -0.263. The number of benzene rings is 2. The molecule has 0 N–H and O–H groups in total. The molecule has 6 heteroatoms. The molecule has 0 spiro atoms. The fourth-order valence-corrected chi connectivity index (χ4v) is 3.70. The van der Waals surface area contributed by atoms with Crippen LogP contribution in [0.1, 0.15) is 18.1 Å². The molecule has 144 valence electrons. The number of hydrogen-bond donors (Lipinski definition) is 0. The van der Waals surface area contributed by atoms with Crippen molar-refractivity contribution in [2.24, 2.45) is 10.1 Å². The third-order valence-electron chi connectivity index (χ3n) is 4.41. The molecule has 4 aromatic rings. The highest BCUT2D eigenvalue weighted by Gasteiger charge is 2.09. The number of nitrogens with zero attached hydrogens (tertiary/aromatic N) is 4. The molecule has 2 heterocycles. The normalized spacial score (nSPS) is 12.3. The van der Waals surface area contributed by atoms with Crippen LogP contribution < -0.4 is 4.80 Å². The minimum absolute atomic E-state index is 0.263. The number of halogens is 1. The average Bonchev–Trinajstić information content (AvgIpc) is 3.16. The van der Waals surface area contributed by atoms with Gasteiger partial charge in [0.2, 0.25) is 4.80 Å². The Bertz CT molecular complexity index is 1180. The van der Waals surface area contributed by atoms with Gasteiger partial charge in [0.1, 0.15) is 5.82 Å². The maximum Gasteiger partial charge on any atom is 0.206 e. The van der Waals surface area contributed by atoms with Crippen LogP contribution in [0.2, 0.25) is 0 Å². The molecule has 2 aromatic heterocycles. The van der Waals surface area contributed by atoms with Crippen molar-refractivity contribution in [3.05, 3.63) is 106 Å². The number of hydrogen-bond acceptors (Lipinski definition) is 4. The zero-order chi connectivity index (χ0) is 20.1. The monoisotopic (exact) mass is 402 g/mol. The summed E-state index contributed by atoms with van der Waals surface area (Å²) >= 11 is 1.51. The quantitative estimate of drug-likeness (QED) is 0.427. The van der Waals surface area contributed by atoms with Crippen LogP contribution in [0.4, 0.5) is 4.39 Å². The molecule has 0 radical (unpaired) electrons. The molecule has 0 amide bonds. The largest absolute Gasteiger partial charge is 0.265 e. The average molecular weight is 402 g/mol. The molecule has 0 aliphatic carbocycles. The van der Waals surface area contributed by atoms with Gasteiger partial charge in [-0.05, 0) is 48.9 Å². The van der Waals surface area contributed by atoms with Gasteiger partial charge >= 0.3 is 0 Å². The summed E-state index contributed by atoms with van der Waals surface area (Å²) in [5, 5.41) is 6.83. The molecular weight excluding hydrogens is 383 g/mol. The summed E-state index contributed by atoms with van der Waals surface area (Å²) in [6.45, 7) is 2.52. The molecule has 0 fully saturated rings. The SMILES string of the molecule is CC(=Nn1c(-c2ccc(F)cc2)csc1=NCc1ccccc1)c1ccncc1. The molecule has 0 atom stereocenters. The van der Waals surface area contributed by atoms with Gasteiger partial charge in [0, 0.05) is 28.9 Å². The van der Waals surface area contributed by atoms with E-state index in [-0.39, 0.29) is 5.82 Å². The van der Waals surface area contributed by atoms with E-state index in [1.165, 1.54) is 23.5 Å². The lowest BCUT2D eigenvalue weighted by molar-refractivity contribution is 0.628. The summed E-state index contributed by atoms with van der Waals surface area (Å²) in [7, 11) is 0. The Hall–Kier alpha value is -3.38. The first kappa shape index (κ1) is 19.0. The lowest BCUT2D eigenvalue weighted by atomic mass is 10.2. The predicted octanol–water partition coefficient (Wildman–Crippen LogP) is 5.12. The predicted molar refractivity (Wildman–Crippen MR) is 115 cm³/mol. The molecule has 0 aliphatic heterocycles. The van der Waals surface area contributed by atoms with E-state index in [9.17, 15) is 4.39 Å². The molecular formula is C23H19FN4S. The van der Waals surface area contributed by atoms with Crippen molar-refractivity contribution in [3.63, 3.8) is 0 Å². The van der Waals surface area contributed by atoms with Gasteiger partial charge in [-0.1, -0.05) is 30.3 Å². The Morgan fingerprint density at radius 1 is 1.00 bits per heavy atom. The summed E-state index contributed by atoms with van der Waals surface area (Å²) in [5.41, 5.74) is 4.71. The van der Waals surface area contributed by atoms with Crippen molar-refractivity contribution in [2.45, 2.75) is 13.5 Å². The second-order valence-electron chi connectivity index (χ2n) is 6.45. The van der Waals surface area contributed by atoms with Gasteiger partial charge in [-0.3, -0.25) is 9.98 Å². The van der Waals surface area contributed by atoms with Crippen molar-refractivity contribution in [1.29, 1.82) is 0 Å². The zero-order valence-electron chi connectivity index (χ0n) is 15.9. The highest BCUT2D eigenvalue weighted by Crippen LogP contribution is 2.21. The highest BCUT2D eigenvalue weighted by atomic mass is 32.1. The first-order valence-electron chi connectivity index (χ1n) is 9.17. The van der Waals surface area contributed by atoms with E-state index in [0.717, 1.165) is 32.9 Å². The van der Waals surface area contributed by atoms with Crippen LogP contribution >= 0.6 is 11.3 Å². The summed E-state index contributed by atoms with van der Waals surface area (Å²) < 4.78 is 15.2. The standard InChI is InChI=1S/C23H19FN4S/c1-17(19-11-13-25-14-12-19)27-28-22(20-7-9-21(24)10-8-20)16-29-23(28)26-15-18-5-3-2-4-6-18/h2-14,16H,15H2,1H3. The number of aromatic nitrogens is 2. The minimum Gasteiger partial charge on any atom is -0.265 e. The second-order valence-corrected chi connectivity index (χ2v) is 7.28. The van der Waals surface area contributed by atoms with Gasteiger partial charge < -0.3 is 0 Å². The van der Waals surface area contributed by atoms with Crippen molar-refractivity contribution in [1.82, 2.24) is 9.66 Å². The molecule has 0 unspecified atom stereocenters. The van der Waals surface area contributed by atoms with E-state index in [1.807, 2.05) is 59.4 Å². The van der Waals surface area contributed by atoms with Gasteiger partial charge in [-0.25, -0.2) is 9.07 Å². The Labute approximate surface area is 172 Å². The highest BCUT2D eigenvalue weighted by molar-refractivity contribution is 7.07. The van der Waals surface area contributed by atoms with Crippen LogP contribution in [-0.2, 0) is 6.54 Å². The van der Waals surface area contributed by atoms with Gasteiger partial charge in [0.15, 0.2) is 0 Å². The number of thiazole rings is 1. The Morgan fingerprint density at radius 2 is 1.72 bits per heavy atom. The summed E-state index contributed by atoms with van der Waals surface area (Å²) in [4.78, 5) is 9.62. The van der Waals surface area contributed by atoms with Crippen LogP contribution in [0.5, 0.6) is 0 Å². The summed E-state index contributed by atoms with van der Waals surface area (Å²) in [6.07, 6.45) is 3.49. The third kappa shape index (κ3) is 4.55. The van der Waals surface area contributed by atoms with Gasteiger partial charge in [-0.15, -0.1) is 11.3 Å². The fraction of sp³-hybridized carbons (Fsp3) is 0.0870. The van der Waals surface area contributed by atoms with Gasteiger partial charge in [0.05, 0.1) is 18.0 Å². The van der Waals surface area contributed by atoms with Crippen molar-refractivity contribution in [2.75, 3.05) is 0 Å². The van der Waals surface area contributed by atoms with E-state index in [4.69, 9.17) is 10.1 Å².